The number of amides is 1. The lowest BCUT2D eigenvalue weighted by atomic mass is 10.0. The first kappa shape index (κ1) is 11.9. The van der Waals surface area contributed by atoms with Gasteiger partial charge in [-0.15, -0.1) is 0 Å². The number of rotatable bonds is 2. The van der Waals surface area contributed by atoms with Crippen LogP contribution in [0.2, 0.25) is 0 Å². The summed E-state index contributed by atoms with van der Waals surface area (Å²) < 4.78 is 5.35. The van der Waals surface area contributed by atoms with Crippen molar-refractivity contribution in [2.75, 3.05) is 20.6 Å². The Labute approximate surface area is 102 Å². The van der Waals surface area contributed by atoms with E-state index in [4.69, 9.17) is 4.74 Å². The van der Waals surface area contributed by atoms with E-state index >= 15 is 0 Å². The summed E-state index contributed by atoms with van der Waals surface area (Å²) in [6.45, 7) is 0.903. The van der Waals surface area contributed by atoms with Crippen molar-refractivity contribution in [1.82, 2.24) is 10.2 Å². The SMILES string of the molecule is CN(C)C(=O)Oc1ccccc1[C@H]1CCC[N]1. The maximum atomic E-state index is 11.6. The molecule has 4 heteroatoms. The maximum absolute atomic E-state index is 11.6. The Hall–Kier alpha value is -1.55. The Bertz CT molecular complexity index is 398. The van der Waals surface area contributed by atoms with Crippen LogP contribution in [0.25, 0.3) is 0 Å². The highest BCUT2D eigenvalue weighted by Gasteiger charge is 2.22. The summed E-state index contributed by atoms with van der Waals surface area (Å²) in [4.78, 5) is 13.0. The van der Waals surface area contributed by atoms with Gasteiger partial charge in [0.25, 0.3) is 0 Å². The van der Waals surface area contributed by atoms with Gasteiger partial charge in [-0.05, 0) is 18.9 Å². The monoisotopic (exact) mass is 233 g/mol. The van der Waals surface area contributed by atoms with Crippen molar-refractivity contribution in [2.45, 2.75) is 18.9 Å². The second-order valence-electron chi connectivity index (χ2n) is 4.36. The molecule has 1 aliphatic rings. The van der Waals surface area contributed by atoms with Gasteiger partial charge >= 0.3 is 6.09 Å². The largest absolute Gasteiger partial charge is 0.414 e. The van der Waals surface area contributed by atoms with Gasteiger partial charge in [-0.3, -0.25) is 0 Å². The van der Waals surface area contributed by atoms with E-state index in [9.17, 15) is 4.79 Å². The molecule has 1 atom stereocenters. The third-order valence-corrected chi connectivity index (χ3v) is 2.83. The van der Waals surface area contributed by atoms with Gasteiger partial charge < -0.3 is 9.64 Å². The molecule has 0 bridgehead atoms. The molecule has 0 saturated carbocycles. The molecule has 17 heavy (non-hydrogen) atoms. The van der Waals surface area contributed by atoms with E-state index < -0.39 is 0 Å². The fourth-order valence-corrected chi connectivity index (χ4v) is 1.91. The predicted molar refractivity (Wildman–Crippen MR) is 65.1 cm³/mol. The van der Waals surface area contributed by atoms with Gasteiger partial charge in [0.2, 0.25) is 0 Å². The number of nitrogens with zero attached hydrogens (tertiary/aromatic N) is 2. The third-order valence-electron chi connectivity index (χ3n) is 2.83. The van der Waals surface area contributed by atoms with E-state index in [1.54, 1.807) is 14.1 Å². The number of carbonyl (C=O) groups excluding carboxylic acids is 1. The van der Waals surface area contributed by atoms with Crippen molar-refractivity contribution < 1.29 is 9.53 Å². The number of benzene rings is 1. The maximum Gasteiger partial charge on any atom is 0.414 e. The smallest absolute Gasteiger partial charge is 0.410 e. The standard InChI is InChI=1S/C13H17N2O2/c1-15(2)13(16)17-12-8-4-3-6-10(12)11-7-5-9-14-11/h3-4,6,8,11H,5,7,9H2,1-2H3/t11-/m1/s1. The topological polar surface area (TPSA) is 43.6 Å². The molecule has 1 heterocycles. The molecule has 1 aliphatic heterocycles. The fourth-order valence-electron chi connectivity index (χ4n) is 1.91. The molecule has 0 spiro atoms. The summed E-state index contributed by atoms with van der Waals surface area (Å²) in [5.74, 6) is 0.627. The van der Waals surface area contributed by atoms with Crippen LogP contribution in [0.15, 0.2) is 24.3 Å². The van der Waals surface area contributed by atoms with Gasteiger partial charge in [-0.2, -0.15) is 0 Å². The Morgan fingerprint density at radius 3 is 2.82 bits per heavy atom. The lowest BCUT2D eigenvalue weighted by molar-refractivity contribution is 0.171. The number of hydrogen-bond donors (Lipinski definition) is 0. The van der Waals surface area contributed by atoms with Crippen LogP contribution in [-0.2, 0) is 0 Å². The van der Waals surface area contributed by atoms with Gasteiger partial charge in [-0.25, -0.2) is 10.1 Å². The second kappa shape index (κ2) is 5.19. The zero-order valence-corrected chi connectivity index (χ0v) is 10.2. The third kappa shape index (κ3) is 2.77. The highest BCUT2D eigenvalue weighted by molar-refractivity contribution is 5.70. The Morgan fingerprint density at radius 1 is 1.41 bits per heavy atom. The molecule has 0 aromatic heterocycles. The van der Waals surface area contributed by atoms with Crippen molar-refractivity contribution in [3.8, 4) is 5.75 Å². The quantitative estimate of drug-likeness (QED) is 0.785. The van der Waals surface area contributed by atoms with Crippen molar-refractivity contribution in [1.29, 1.82) is 0 Å². The molecule has 1 aromatic rings. The van der Waals surface area contributed by atoms with E-state index in [0.29, 0.717) is 5.75 Å². The van der Waals surface area contributed by atoms with Crippen LogP contribution < -0.4 is 10.1 Å². The van der Waals surface area contributed by atoms with Crippen LogP contribution in [0.1, 0.15) is 24.4 Å². The number of para-hydroxylation sites is 1. The van der Waals surface area contributed by atoms with Crippen LogP contribution >= 0.6 is 0 Å². The zero-order valence-electron chi connectivity index (χ0n) is 10.2. The summed E-state index contributed by atoms with van der Waals surface area (Å²) in [6.07, 6.45) is 1.80. The molecule has 0 N–H and O–H groups in total. The molecule has 1 radical (unpaired) electrons. The number of carbonyl (C=O) groups is 1. The lowest BCUT2D eigenvalue weighted by Crippen LogP contribution is -2.26. The average molecular weight is 233 g/mol. The summed E-state index contributed by atoms with van der Waals surface area (Å²) >= 11 is 0. The number of hydrogen-bond acceptors (Lipinski definition) is 2. The molecule has 4 nitrogen and oxygen atoms in total. The first-order chi connectivity index (χ1) is 8.18. The number of ether oxygens (including phenoxy) is 1. The lowest BCUT2D eigenvalue weighted by Gasteiger charge is -2.16. The Balaban J connectivity index is 2.18. The first-order valence-electron chi connectivity index (χ1n) is 5.83. The van der Waals surface area contributed by atoms with Gasteiger partial charge in [0.1, 0.15) is 5.75 Å². The predicted octanol–water partition coefficient (Wildman–Crippen LogP) is 2.19. The van der Waals surface area contributed by atoms with Crippen molar-refractivity contribution in [3.63, 3.8) is 0 Å². The van der Waals surface area contributed by atoms with E-state index in [0.717, 1.165) is 24.9 Å². The van der Waals surface area contributed by atoms with Gasteiger partial charge in [0, 0.05) is 26.2 Å². The van der Waals surface area contributed by atoms with Crippen LogP contribution in [0, 0.1) is 0 Å². The molecule has 1 aromatic carbocycles. The fraction of sp³-hybridized carbons (Fsp3) is 0.462. The first-order valence-corrected chi connectivity index (χ1v) is 5.83. The molecule has 1 saturated heterocycles. The summed E-state index contributed by atoms with van der Waals surface area (Å²) in [6, 6.07) is 7.82. The van der Waals surface area contributed by atoms with Crippen LogP contribution in [-0.4, -0.2) is 31.6 Å². The molecule has 1 fully saturated rings. The second-order valence-corrected chi connectivity index (χ2v) is 4.36. The van der Waals surface area contributed by atoms with Crippen molar-refractivity contribution in [3.05, 3.63) is 29.8 Å². The highest BCUT2D eigenvalue weighted by Crippen LogP contribution is 2.31. The van der Waals surface area contributed by atoms with E-state index in [2.05, 4.69) is 5.32 Å². The van der Waals surface area contributed by atoms with Gasteiger partial charge in [0.05, 0.1) is 6.04 Å². The van der Waals surface area contributed by atoms with E-state index in [1.165, 1.54) is 4.90 Å². The van der Waals surface area contributed by atoms with Crippen LogP contribution in [0.3, 0.4) is 0 Å². The summed E-state index contributed by atoms with van der Waals surface area (Å²) in [7, 11) is 3.34. The molecule has 91 valence electrons. The molecule has 0 aliphatic carbocycles. The molecular weight excluding hydrogens is 216 g/mol. The summed E-state index contributed by atoms with van der Waals surface area (Å²) in [5, 5.41) is 4.51. The van der Waals surface area contributed by atoms with Crippen LogP contribution in [0.4, 0.5) is 4.79 Å². The minimum absolute atomic E-state index is 0.182. The Kier molecular flexibility index (Phi) is 3.64. The van der Waals surface area contributed by atoms with Crippen molar-refractivity contribution >= 4 is 6.09 Å². The highest BCUT2D eigenvalue weighted by atomic mass is 16.6. The van der Waals surface area contributed by atoms with E-state index in [1.807, 2.05) is 24.3 Å². The Morgan fingerprint density at radius 2 is 2.18 bits per heavy atom. The minimum atomic E-state index is -0.351. The van der Waals surface area contributed by atoms with Gasteiger partial charge in [0.15, 0.2) is 0 Å². The van der Waals surface area contributed by atoms with Crippen molar-refractivity contribution in [2.24, 2.45) is 0 Å². The normalized spacial score (nSPS) is 19.1. The average Bonchev–Trinajstić information content (AvgIpc) is 2.83. The van der Waals surface area contributed by atoms with Gasteiger partial charge in [-0.1, -0.05) is 18.2 Å². The summed E-state index contributed by atoms with van der Waals surface area (Å²) in [5.41, 5.74) is 1.01. The van der Waals surface area contributed by atoms with E-state index in [-0.39, 0.29) is 12.1 Å². The zero-order chi connectivity index (χ0) is 12.3. The molecule has 1 amide bonds. The molecule has 2 rings (SSSR count). The minimum Gasteiger partial charge on any atom is -0.410 e. The molecule has 0 unspecified atom stereocenters. The molecular formula is C13H17N2O2. The van der Waals surface area contributed by atoms with Crippen LogP contribution in [0.5, 0.6) is 5.75 Å².